The van der Waals surface area contributed by atoms with Crippen LogP contribution in [0.15, 0.2) is 54.6 Å². The van der Waals surface area contributed by atoms with Crippen LogP contribution in [0.25, 0.3) is 0 Å². The summed E-state index contributed by atoms with van der Waals surface area (Å²) in [5.41, 5.74) is 0.779. The Labute approximate surface area is 243 Å². The molecule has 40 heavy (non-hydrogen) atoms. The van der Waals surface area contributed by atoms with Crippen LogP contribution < -0.4 is 10.6 Å². The molecule has 2 aromatic rings. The SMILES string of the molecule is C#Cc1ccc(C(C(=O)NCc2ccccc2)N(C(=O)C(CCSC)NC(=O)OC(C)(C)C)C(C)(C)CC)cc1. The molecule has 0 aromatic heterocycles. The summed E-state index contributed by atoms with van der Waals surface area (Å²) < 4.78 is 5.47. The van der Waals surface area contributed by atoms with E-state index in [2.05, 4.69) is 16.6 Å². The quantitative estimate of drug-likeness (QED) is 0.323. The molecule has 2 aromatic carbocycles. The van der Waals surface area contributed by atoms with E-state index in [9.17, 15) is 14.4 Å². The van der Waals surface area contributed by atoms with E-state index in [0.717, 1.165) is 5.56 Å². The van der Waals surface area contributed by atoms with Crippen LogP contribution in [0.5, 0.6) is 0 Å². The van der Waals surface area contributed by atoms with Crippen LogP contribution in [0.2, 0.25) is 0 Å². The van der Waals surface area contributed by atoms with Gasteiger partial charge in [0.05, 0.1) is 0 Å². The molecule has 216 valence electrons. The maximum atomic E-state index is 14.4. The number of hydrogen-bond donors (Lipinski definition) is 2. The second-order valence-corrected chi connectivity index (χ2v) is 12.2. The van der Waals surface area contributed by atoms with E-state index >= 15 is 0 Å². The van der Waals surface area contributed by atoms with E-state index in [1.807, 2.05) is 57.4 Å². The Morgan fingerprint density at radius 3 is 2.17 bits per heavy atom. The zero-order chi connectivity index (χ0) is 29.9. The number of ether oxygens (including phenoxy) is 1. The number of carbonyl (C=O) groups excluding carboxylic acids is 3. The van der Waals surface area contributed by atoms with Crippen LogP contribution >= 0.6 is 11.8 Å². The van der Waals surface area contributed by atoms with E-state index < -0.39 is 29.3 Å². The third-order valence-corrected chi connectivity index (χ3v) is 7.21. The lowest BCUT2D eigenvalue weighted by Gasteiger charge is -2.44. The van der Waals surface area contributed by atoms with E-state index in [0.29, 0.717) is 36.3 Å². The summed E-state index contributed by atoms with van der Waals surface area (Å²) in [5, 5.41) is 5.80. The Kier molecular flexibility index (Phi) is 12.1. The largest absolute Gasteiger partial charge is 0.444 e. The van der Waals surface area contributed by atoms with Crippen molar-refractivity contribution in [3.05, 3.63) is 71.3 Å². The third kappa shape index (κ3) is 9.63. The number of terminal acetylenes is 1. The molecule has 0 heterocycles. The lowest BCUT2D eigenvalue weighted by molar-refractivity contribution is -0.149. The van der Waals surface area contributed by atoms with Crippen molar-refractivity contribution in [1.82, 2.24) is 15.5 Å². The molecular formula is C32H43N3O4S. The van der Waals surface area contributed by atoms with Crippen LogP contribution in [0.1, 0.15) is 77.1 Å². The fraction of sp³-hybridized carbons (Fsp3) is 0.469. The molecule has 0 saturated heterocycles. The van der Waals surface area contributed by atoms with Gasteiger partial charge in [0.25, 0.3) is 0 Å². The van der Waals surface area contributed by atoms with Crippen molar-refractivity contribution < 1.29 is 19.1 Å². The van der Waals surface area contributed by atoms with Gasteiger partial charge < -0.3 is 20.3 Å². The lowest BCUT2D eigenvalue weighted by Crippen LogP contribution is -2.59. The number of alkyl carbamates (subject to hydrolysis) is 1. The van der Waals surface area contributed by atoms with Gasteiger partial charge in [0.2, 0.25) is 11.8 Å². The van der Waals surface area contributed by atoms with Gasteiger partial charge in [-0.1, -0.05) is 55.3 Å². The first kappa shape index (κ1) is 32.8. The first-order chi connectivity index (χ1) is 18.8. The van der Waals surface area contributed by atoms with Crippen LogP contribution in [0, 0.1) is 12.3 Å². The maximum Gasteiger partial charge on any atom is 0.408 e. The molecule has 3 amide bonds. The van der Waals surface area contributed by atoms with Crippen molar-refractivity contribution in [2.24, 2.45) is 0 Å². The van der Waals surface area contributed by atoms with E-state index in [4.69, 9.17) is 11.2 Å². The third-order valence-electron chi connectivity index (χ3n) is 6.56. The summed E-state index contributed by atoms with van der Waals surface area (Å²) in [6.07, 6.45) is 7.79. The summed E-state index contributed by atoms with van der Waals surface area (Å²) in [5.74, 6) is 2.55. The molecular weight excluding hydrogens is 522 g/mol. The average molecular weight is 566 g/mol. The molecule has 0 spiro atoms. The first-order valence-corrected chi connectivity index (χ1v) is 14.9. The zero-order valence-corrected chi connectivity index (χ0v) is 25.6. The van der Waals surface area contributed by atoms with Gasteiger partial charge in [-0.3, -0.25) is 9.59 Å². The molecule has 8 heteroatoms. The summed E-state index contributed by atoms with van der Waals surface area (Å²) in [6.45, 7) is 11.4. The summed E-state index contributed by atoms with van der Waals surface area (Å²) in [7, 11) is 0. The van der Waals surface area contributed by atoms with Gasteiger partial charge in [0.1, 0.15) is 17.7 Å². The summed E-state index contributed by atoms with van der Waals surface area (Å²) in [6, 6.07) is 14.8. The van der Waals surface area contributed by atoms with Crippen LogP contribution in [0.4, 0.5) is 4.79 Å². The topological polar surface area (TPSA) is 87.7 Å². The molecule has 2 atom stereocenters. The number of hydrogen-bond acceptors (Lipinski definition) is 5. The van der Waals surface area contributed by atoms with Gasteiger partial charge in [0, 0.05) is 17.6 Å². The van der Waals surface area contributed by atoms with Gasteiger partial charge in [-0.05, 0) is 82.7 Å². The van der Waals surface area contributed by atoms with Gasteiger partial charge in [-0.25, -0.2) is 4.79 Å². The molecule has 2 rings (SSSR count). The van der Waals surface area contributed by atoms with E-state index in [1.165, 1.54) is 0 Å². The molecule has 0 saturated carbocycles. The van der Waals surface area contributed by atoms with Gasteiger partial charge >= 0.3 is 6.09 Å². The van der Waals surface area contributed by atoms with Crippen LogP contribution in [-0.2, 0) is 20.9 Å². The minimum atomic E-state index is -0.963. The van der Waals surface area contributed by atoms with Gasteiger partial charge in [-0.2, -0.15) is 11.8 Å². The molecule has 7 nitrogen and oxygen atoms in total. The van der Waals surface area contributed by atoms with Crippen molar-refractivity contribution in [3.63, 3.8) is 0 Å². The smallest absolute Gasteiger partial charge is 0.408 e. The van der Waals surface area contributed by atoms with Crippen molar-refractivity contribution in [1.29, 1.82) is 0 Å². The highest BCUT2D eigenvalue weighted by atomic mass is 32.2. The van der Waals surface area contributed by atoms with Crippen molar-refractivity contribution in [3.8, 4) is 12.3 Å². The fourth-order valence-electron chi connectivity index (χ4n) is 4.12. The second kappa shape index (κ2) is 14.8. The van der Waals surface area contributed by atoms with Gasteiger partial charge in [0.15, 0.2) is 0 Å². The Hall–Kier alpha value is -3.44. The predicted octanol–water partition coefficient (Wildman–Crippen LogP) is 5.69. The lowest BCUT2D eigenvalue weighted by atomic mass is 9.91. The minimum Gasteiger partial charge on any atom is -0.444 e. The van der Waals surface area contributed by atoms with E-state index in [1.54, 1.807) is 61.7 Å². The fourth-order valence-corrected chi connectivity index (χ4v) is 4.59. The number of carbonyl (C=O) groups is 3. The number of nitrogens with one attached hydrogen (secondary N) is 2. The number of thioether (sulfide) groups is 1. The Morgan fingerprint density at radius 2 is 1.65 bits per heavy atom. The molecule has 0 fully saturated rings. The highest BCUT2D eigenvalue weighted by molar-refractivity contribution is 7.98. The number of amides is 3. The Balaban J connectivity index is 2.56. The number of nitrogens with zero attached hydrogens (tertiary/aromatic N) is 1. The van der Waals surface area contributed by atoms with Crippen LogP contribution in [-0.4, -0.2) is 52.0 Å². The summed E-state index contributed by atoms with van der Waals surface area (Å²) in [4.78, 5) is 42.8. The maximum absolute atomic E-state index is 14.4. The van der Waals surface area contributed by atoms with Gasteiger partial charge in [-0.15, -0.1) is 6.42 Å². The molecule has 0 radical (unpaired) electrons. The van der Waals surface area contributed by atoms with Crippen molar-refractivity contribution >= 4 is 29.7 Å². The predicted molar refractivity (Wildman–Crippen MR) is 163 cm³/mol. The molecule has 2 N–H and O–H groups in total. The standard InChI is InChI=1S/C32H43N3O4S/c1-9-23-16-18-25(19-17-23)27(28(36)33-22-24-14-12-11-13-15-24)35(32(6,7)10-2)29(37)26(20-21-40-8)34-30(38)39-31(3,4)5/h1,11-19,26-27H,10,20-22H2,2-8H3,(H,33,36)(H,34,38). The second-order valence-electron chi connectivity index (χ2n) is 11.2. The molecule has 0 aliphatic carbocycles. The highest BCUT2D eigenvalue weighted by Crippen LogP contribution is 2.33. The molecule has 0 aliphatic heterocycles. The minimum absolute atomic E-state index is 0.305. The Morgan fingerprint density at radius 1 is 1.02 bits per heavy atom. The molecule has 0 aliphatic rings. The van der Waals surface area contributed by atoms with Crippen molar-refractivity contribution in [2.75, 3.05) is 12.0 Å². The average Bonchev–Trinajstić information content (AvgIpc) is 2.91. The summed E-state index contributed by atoms with van der Waals surface area (Å²) >= 11 is 1.57. The normalized spacial score (nSPS) is 12.9. The Bertz CT molecular complexity index is 1170. The van der Waals surface area contributed by atoms with Crippen LogP contribution in [0.3, 0.4) is 0 Å². The zero-order valence-electron chi connectivity index (χ0n) is 24.7. The monoisotopic (exact) mass is 565 g/mol. The molecule has 0 bridgehead atoms. The number of benzene rings is 2. The first-order valence-electron chi connectivity index (χ1n) is 13.5. The highest BCUT2D eigenvalue weighted by Gasteiger charge is 2.43. The van der Waals surface area contributed by atoms with Crippen molar-refractivity contribution in [2.45, 2.75) is 84.2 Å². The number of rotatable bonds is 12. The van der Waals surface area contributed by atoms with E-state index in [-0.39, 0.29) is 11.8 Å². The molecule has 2 unspecified atom stereocenters.